The van der Waals surface area contributed by atoms with Crippen LogP contribution in [0.2, 0.25) is 5.02 Å². The van der Waals surface area contributed by atoms with E-state index in [2.05, 4.69) is 25.4 Å². The van der Waals surface area contributed by atoms with Gasteiger partial charge in [0.2, 0.25) is 12.0 Å². The summed E-state index contributed by atoms with van der Waals surface area (Å²) >= 11 is 6.16. The quantitative estimate of drug-likeness (QED) is 0.454. The number of aryl methyl sites for hydroxylation is 1. The molecule has 3 aromatic heterocycles. The molecule has 0 aliphatic carbocycles. The van der Waals surface area contributed by atoms with Gasteiger partial charge in [0.15, 0.2) is 5.65 Å². The summed E-state index contributed by atoms with van der Waals surface area (Å²) in [5.74, 6) is -0.403. The third-order valence-electron chi connectivity index (χ3n) is 4.49. The fraction of sp³-hybridized carbons (Fsp3) is 0.190. The van der Waals surface area contributed by atoms with Crippen molar-refractivity contribution in [2.45, 2.75) is 13.0 Å². The molecule has 3 heterocycles. The first kappa shape index (κ1) is 21.6. The van der Waals surface area contributed by atoms with Crippen molar-refractivity contribution in [3.8, 4) is 11.6 Å². The molecular formula is C21H18ClFN6O3. The molecule has 9 nitrogen and oxygen atoms in total. The lowest BCUT2D eigenvalue weighted by Crippen LogP contribution is -2.37. The van der Waals surface area contributed by atoms with Crippen molar-refractivity contribution in [3.63, 3.8) is 0 Å². The number of carbonyl (C=O) groups excluding carboxylic acids is 1. The molecule has 1 atom stereocenters. The van der Waals surface area contributed by atoms with Crippen LogP contribution in [0.3, 0.4) is 0 Å². The van der Waals surface area contributed by atoms with Crippen LogP contribution in [0.5, 0.6) is 5.88 Å². The van der Waals surface area contributed by atoms with Crippen LogP contribution in [0.25, 0.3) is 16.7 Å². The van der Waals surface area contributed by atoms with Crippen molar-refractivity contribution < 1.29 is 18.7 Å². The Morgan fingerprint density at radius 3 is 2.78 bits per heavy atom. The number of amides is 1. The number of benzene rings is 1. The summed E-state index contributed by atoms with van der Waals surface area (Å²) in [6.45, 7) is 1.87. The van der Waals surface area contributed by atoms with Gasteiger partial charge in [-0.05, 0) is 36.8 Å². The van der Waals surface area contributed by atoms with Crippen LogP contribution in [-0.4, -0.2) is 50.5 Å². The molecule has 0 fully saturated rings. The summed E-state index contributed by atoms with van der Waals surface area (Å²) in [4.78, 5) is 25.3. The van der Waals surface area contributed by atoms with Gasteiger partial charge >= 0.3 is 0 Å². The Morgan fingerprint density at radius 2 is 2.06 bits per heavy atom. The average Bonchev–Trinajstić information content (AvgIpc) is 3.20. The van der Waals surface area contributed by atoms with Crippen molar-refractivity contribution in [2.75, 3.05) is 19.0 Å². The number of ether oxygens (including phenoxy) is 2. The SMILES string of the molecule is COCC(Oc1ncnc2c1cnn2-c1ccc(F)cc1Cl)C(=O)Nc1ccc(C)cn1. The number of anilines is 1. The smallest absolute Gasteiger partial charge is 0.269 e. The predicted molar refractivity (Wildman–Crippen MR) is 116 cm³/mol. The highest BCUT2D eigenvalue weighted by atomic mass is 35.5. The third-order valence-corrected chi connectivity index (χ3v) is 4.80. The third kappa shape index (κ3) is 4.51. The first-order chi connectivity index (χ1) is 15.5. The average molecular weight is 457 g/mol. The fourth-order valence-corrected chi connectivity index (χ4v) is 3.19. The molecule has 4 rings (SSSR count). The Labute approximate surface area is 187 Å². The number of nitrogens with zero attached hydrogens (tertiary/aromatic N) is 5. The zero-order valence-electron chi connectivity index (χ0n) is 17.1. The maximum Gasteiger partial charge on any atom is 0.269 e. The lowest BCUT2D eigenvalue weighted by atomic mass is 10.3. The molecule has 0 aliphatic heterocycles. The van der Waals surface area contributed by atoms with E-state index in [1.165, 1.54) is 42.5 Å². The van der Waals surface area contributed by atoms with E-state index >= 15 is 0 Å². The topological polar surface area (TPSA) is 104 Å². The normalized spacial score (nSPS) is 12.0. The van der Waals surface area contributed by atoms with E-state index in [9.17, 15) is 9.18 Å². The Kier molecular flexibility index (Phi) is 6.24. The second-order valence-electron chi connectivity index (χ2n) is 6.84. The van der Waals surface area contributed by atoms with E-state index in [1.54, 1.807) is 12.3 Å². The summed E-state index contributed by atoms with van der Waals surface area (Å²) in [5.41, 5.74) is 1.78. The molecule has 0 radical (unpaired) electrons. The first-order valence-corrected chi connectivity index (χ1v) is 9.87. The molecule has 4 aromatic rings. The van der Waals surface area contributed by atoms with Gasteiger partial charge in [-0.2, -0.15) is 5.10 Å². The molecule has 0 spiro atoms. The van der Waals surface area contributed by atoms with Crippen molar-refractivity contribution in [1.82, 2.24) is 24.7 Å². The number of methoxy groups -OCH3 is 1. The molecule has 0 aliphatic rings. The lowest BCUT2D eigenvalue weighted by Gasteiger charge is -2.17. The number of hydrogen-bond donors (Lipinski definition) is 1. The van der Waals surface area contributed by atoms with Crippen LogP contribution in [0.4, 0.5) is 10.2 Å². The van der Waals surface area contributed by atoms with Gasteiger partial charge in [-0.3, -0.25) is 4.79 Å². The zero-order valence-corrected chi connectivity index (χ0v) is 17.9. The van der Waals surface area contributed by atoms with Gasteiger partial charge in [-0.25, -0.2) is 24.0 Å². The minimum absolute atomic E-state index is 0.0267. The summed E-state index contributed by atoms with van der Waals surface area (Å²) in [6.07, 6.45) is 3.38. The highest BCUT2D eigenvalue weighted by Crippen LogP contribution is 2.28. The number of carbonyl (C=O) groups is 1. The number of fused-ring (bicyclic) bond motifs is 1. The molecular weight excluding hydrogens is 439 g/mol. The maximum atomic E-state index is 13.4. The van der Waals surface area contributed by atoms with E-state index in [0.717, 1.165) is 5.56 Å². The van der Waals surface area contributed by atoms with E-state index < -0.39 is 17.8 Å². The van der Waals surface area contributed by atoms with Crippen molar-refractivity contribution in [2.24, 2.45) is 0 Å². The van der Waals surface area contributed by atoms with Crippen molar-refractivity contribution in [3.05, 3.63) is 65.5 Å². The van der Waals surface area contributed by atoms with E-state index in [-0.39, 0.29) is 17.5 Å². The van der Waals surface area contributed by atoms with Gasteiger partial charge in [-0.15, -0.1) is 0 Å². The van der Waals surface area contributed by atoms with Crippen LogP contribution in [0.1, 0.15) is 5.56 Å². The van der Waals surface area contributed by atoms with Gasteiger partial charge < -0.3 is 14.8 Å². The predicted octanol–water partition coefficient (Wildman–Crippen LogP) is 3.34. The minimum Gasteiger partial charge on any atom is -0.461 e. The van der Waals surface area contributed by atoms with E-state index in [4.69, 9.17) is 21.1 Å². The Balaban J connectivity index is 1.62. The van der Waals surface area contributed by atoms with Gasteiger partial charge in [0.05, 0.1) is 23.5 Å². The van der Waals surface area contributed by atoms with Crippen LogP contribution < -0.4 is 10.1 Å². The fourth-order valence-electron chi connectivity index (χ4n) is 2.94. The number of halogens is 2. The highest BCUT2D eigenvalue weighted by molar-refractivity contribution is 6.32. The molecule has 164 valence electrons. The Hall–Kier alpha value is -3.63. The number of hydrogen-bond acceptors (Lipinski definition) is 7. The second-order valence-corrected chi connectivity index (χ2v) is 7.25. The Morgan fingerprint density at radius 1 is 1.22 bits per heavy atom. The van der Waals surface area contributed by atoms with Crippen LogP contribution in [0.15, 0.2) is 49.1 Å². The van der Waals surface area contributed by atoms with Gasteiger partial charge in [0, 0.05) is 13.3 Å². The number of pyridine rings is 1. The van der Waals surface area contributed by atoms with E-state index in [1.807, 2.05) is 13.0 Å². The lowest BCUT2D eigenvalue weighted by molar-refractivity contribution is -0.125. The second kappa shape index (κ2) is 9.25. The molecule has 32 heavy (non-hydrogen) atoms. The summed E-state index contributed by atoms with van der Waals surface area (Å²) in [6, 6.07) is 7.46. The molecule has 1 N–H and O–H groups in total. The largest absolute Gasteiger partial charge is 0.461 e. The molecule has 0 saturated heterocycles. The van der Waals surface area contributed by atoms with E-state index in [0.29, 0.717) is 22.5 Å². The Bertz CT molecular complexity index is 1260. The summed E-state index contributed by atoms with van der Waals surface area (Å²) in [5, 5.41) is 7.58. The number of nitrogens with one attached hydrogen (secondary N) is 1. The summed E-state index contributed by atoms with van der Waals surface area (Å²) < 4.78 is 25.9. The molecule has 1 aromatic carbocycles. The van der Waals surface area contributed by atoms with Crippen LogP contribution in [-0.2, 0) is 9.53 Å². The van der Waals surface area contributed by atoms with Crippen molar-refractivity contribution >= 4 is 34.4 Å². The molecule has 1 amide bonds. The molecule has 11 heteroatoms. The van der Waals surface area contributed by atoms with Gasteiger partial charge in [0.25, 0.3) is 5.91 Å². The number of aromatic nitrogens is 5. The number of rotatable bonds is 7. The first-order valence-electron chi connectivity index (χ1n) is 9.49. The van der Waals surface area contributed by atoms with Crippen LogP contribution >= 0.6 is 11.6 Å². The molecule has 1 unspecified atom stereocenters. The standard InChI is InChI=1S/C21H18ClFN6O3/c1-12-3-6-18(24-8-12)28-20(30)17(10-31-2)32-21-14-9-27-29(19(14)25-11-26-21)16-5-4-13(23)7-15(16)22/h3-9,11,17H,10H2,1-2H3,(H,24,28,30). The highest BCUT2D eigenvalue weighted by Gasteiger charge is 2.24. The van der Waals surface area contributed by atoms with Crippen molar-refractivity contribution in [1.29, 1.82) is 0 Å². The van der Waals surface area contributed by atoms with Crippen LogP contribution in [0, 0.1) is 12.7 Å². The molecule has 0 bridgehead atoms. The van der Waals surface area contributed by atoms with Gasteiger partial charge in [-0.1, -0.05) is 17.7 Å². The summed E-state index contributed by atoms with van der Waals surface area (Å²) in [7, 11) is 1.46. The zero-order chi connectivity index (χ0) is 22.7. The van der Waals surface area contributed by atoms with Gasteiger partial charge in [0.1, 0.15) is 23.3 Å². The molecule has 0 saturated carbocycles. The maximum absolute atomic E-state index is 13.4. The monoisotopic (exact) mass is 456 g/mol. The minimum atomic E-state index is -1.01.